The molecule has 1 aromatic carbocycles. The Bertz CT molecular complexity index is 357. The standard InChI is InChI=1S/C14H18O/c1-5-11-7-9-12(10-8-11)13(15)14(3,4)6-2/h5,7-10H,1,6H2,2-4H3. The molecule has 0 fully saturated rings. The Morgan fingerprint density at radius 3 is 2.27 bits per heavy atom. The van der Waals surface area contributed by atoms with Gasteiger partial charge >= 0.3 is 0 Å². The highest BCUT2D eigenvalue weighted by molar-refractivity contribution is 6.00. The van der Waals surface area contributed by atoms with E-state index in [1.54, 1.807) is 6.08 Å². The van der Waals surface area contributed by atoms with Crippen LogP contribution in [0.15, 0.2) is 30.8 Å². The van der Waals surface area contributed by atoms with E-state index in [1.165, 1.54) is 0 Å². The van der Waals surface area contributed by atoms with E-state index >= 15 is 0 Å². The van der Waals surface area contributed by atoms with Crippen molar-refractivity contribution in [1.29, 1.82) is 0 Å². The molecule has 0 amide bonds. The molecule has 0 unspecified atom stereocenters. The van der Waals surface area contributed by atoms with Crippen LogP contribution in [0, 0.1) is 5.41 Å². The Kier molecular flexibility index (Phi) is 3.46. The Morgan fingerprint density at radius 2 is 1.87 bits per heavy atom. The minimum absolute atomic E-state index is 0.209. The molecule has 0 aliphatic heterocycles. The summed E-state index contributed by atoms with van der Waals surface area (Å²) in [7, 11) is 0. The lowest BCUT2D eigenvalue weighted by molar-refractivity contribution is 0.0833. The Morgan fingerprint density at radius 1 is 1.33 bits per heavy atom. The molecule has 1 heteroatoms. The van der Waals surface area contributed by atoms with E-state index < -0.39 is 0 Å². The van der Waals surface area contributed by atoms with Crippen molar-refractivity contribution in [3.05, 3.63) is 42.0 Å². The van der Waals surface area contributed by atoms with Gasteiger partial charge in [0.2, 0.25) is 0 Å². The van der Waals surface area contributed by atoms with Gasteiger partial charge in [-0.15, -0.1) is 0 Å². The minimum Gasteiger partial charge on any atom is -0.294 e. The van der Waals surface area contributed by atoms with Gasteiger partial charge in [0, 0.05) is 11.0 Å². The van der Waals surface area contributed by atoms with Crippen LogP contribution in [0.3, 0.4) is 0 Å². The monoisotopic (exact) mass is 202 g/mol. The molecule has 0 saturated carbocycles. The molecule has 1 nitrogen and oxygen atoms in total. The van der Waals surface area contributed by atoms with Gasteiger partial charge in [0.1, 0.15) is 0 Å². The highest BCUT2D eigenvalue weighted by Crippen LogP contribution is 2.25. The summed E-state index contributed by atoms with van der Waals surface area (Å²) in [5.74, 6) is 0.209. The molecular formula is C14H18O. The van der Waals surface area contributed by atoms with Gasteiger partial charge in [-0.3, -0.25) is 4.79 Å². The van der Waals surface area contributed by atoms with Crippen LogP contribution in [0.25, 0.3) is 6.08 Å². The highest BCUT2D eigenvalue weighted by Gasteiger charge is 2.26. The zero-order valence-corrected chi connectivity index (χ0v) is 9.71. The summed E-state index contributed by atoms with van der Waals surface area (Å²) in [6.45, 7) is 9.69. The van der Waals surface area contributed by atoms with E-state index in [0.717, 1.165) is 17.5 Å². The summed E-state index contributed by atoms with van der Waals surface area (Å²) in [4.78, 5) is 12.1. The molecule has 0 radical (unpaired) electrons. The van der Waals surface area contributed by atoms with Crippen molar-refractivity contribution in [1.82, 2.24) is 0 Å². The number of rotatable bonds is 4. The normalized spacial score (nSPS) is 11.1. The topological polar surface area (TPSA) is 17.1 Å². The molecule has 0 bridgehead atoms. The maximum absolute atomic E-state index is 12.1. The fraction of sp³-hybridized carbons (Fsp3) is 0.357. The van der Waals surface area contributed by atoms with Crippen LogP contribution in [0.5, 0.6) is 0 Å². The van der Waals surface area contributed by atoms with Crippen LogP contribution in [0.2, 0.25) is 0 Å². The van der Waals surface area contributed by atoms with Crippen LogP contribution < -0.4 is 0 Å². The molecule has 0 spiro atoms. The lowest BCUT2D eigenvalue weighted by Crippen LogP contribution is -2.23. The Balaban J connectivity index is 2.97. The third kappa shape index (κ3) is 2.56. The first kappa shape index (κ1) is 11.7. The predicted octanol–water partition coefficient (Wildman–Crippen LogP) is 3.95. The van der Waals surface area contributed by atoms with E-state index in [1.807, 2.05) is 45.0 Å². The average molecular weight is 202 g/mol. The summed E-state index contributed by atoms with van der Waals surface area (Å²) < 4.78 is 0. The van der Waals surface area contributed by atoms with E-state index in [4.69, 9.17) is 0 Å². The molecule has 0 aromatic heterocycles. The van der Waals surface area contributed by atoms with Gasteiger partial charge in [-0.2, -0.15) is 0 Å². The molecule has 1 aromatic rings. The SMILES string of the molecule is C=Cc1ccc(C(=O)C(C)(C)CC)cc1. The molecule has 80 valence electrons. The molecule has 1 rings (SSSR count). The summed E-state index contributed by atoms with van der Waals surface area (Å²) in [6, 6.07) is 7.59. The first-order chi connectivity index (χ1) is 7.01. The zero-order chi connectivity index (χ0) is 11.5. The molecule has 0 aliphatic carbocycles. The molecule has 0 atom stereocenters. The molecule has 0 saturated heterocycles. The lowest BCUT2D eigenvalue weighted by atomic mass is 9.82. The summed E-state index contributed by atoms with van der Waals surface area (Å²) >= 11 is 0. The Labute approximate surface area is 91.8 Å². The summed E-state index contributed by atoms with van der Waals surface area (Å²) in [5, 5.41) is 0. The van der Waals surface area contributed by atoms with Crippen molar-refractivity contribution in [2.75, 3.05) is 0 Å². The van der Waals surface area contributed by atoms with E-state index in [-0.39, 0.29) is 11.2 Å². The van der Waals surface area contributed by atoms with Crippen molar-refractivity contribution in [3.63, 3.8) is 0 Å². The summed E-state index contributed by atoms with van der Waals surface area (Å²) in [6.07, 6.45) is 2.63. The predicted molar refractivity (Wildman–Crippen MR) is 64.9 cm³/mol. The van der Waals surface area contributed by atoms with Crippen LogP contribution in [-0.2, 0) is 0 Å². The quantitative estimate of drug-likeness (QED) is 0.676. The summed E-state index contributed by atoms with van der Waals surface area (Å²) in [5.41, 5.74) is 1.56. The smallest absolute Gasteiger partial charge is 0.168 e. The fourth-order valence-corrected chi connectivity index (χ4v) is 1.32. The van der Waals surface area contributed by atoms with Gasteiger partial charge in [-0.25, -0.2) is 0 Å². The number of hydrogen-bond acceptors (Lipinski definition) is 1. The molecule has 0 N–H and O–H groups in total. The van der Waals surface area contributed by atoms with Gasteiger partial charge in [-0.1, -0.05) is 57.7 Å². The van der Waals surface area contributed by atoms with Gasteiger partial charge in [0.15, 0.2) is 5.78 Å². The number of carbonyl (C=O) groups excluding carboxylic acids is 1. The first-order valence-corrected chi connectivity index (χ1v) is 5.28. The second-order valence-corrected chi connectivity index (χ2v) is 4.39. The van der Waals surface area contributed by atoms with Crippen molar-refractivity contribution < 1.29 is 4.79 Å². The average Bonchev–Trinajstić information content (AvgIpc) is 2.28. The minimum atomic E-state index is -0.268. The van der Waals surface area contributed by atoms with E-state index in [0.29, 0.717) is 0 Å². The maximum atomic E-state index is 12.1. The van der Waals surface area contributed by atoms with E-state index in [9.17, 15) is 4.79 Å². The third-order valence-corrected chi connectivity index (χ3v) is 2.91. The maximum Gasteiger partial charge on any atom is 0.168 e. The number of ketones is 1. The second kappa shape index (κ2) is 4.43. The molecular weight excluding hydrogens is 184 g/mol. The number of hydrogen-bond donors (Lipinski definition) is 0. The molecule has 0 aliphatic rings. The van der Waals surface area contributed by atoms with Crippen molar-refractivity contribution in [2.24, 2.45) is 5.41 Å². The number of benzene rings is 1. The van der Waals surface area contributed by atoms with Crippen LogP contribution in [-0.4, -0.2) is 5.78 Å². The first-order valence-electron chi connectivity index (χ1n) is 5.28. The third-order valence-electron chi connectivity index (χ3n) is 2.91. The highest BCUT2D eigenvalue weighted by atomic mass is 16.1. The number of Topliss-reactive ketones (excluding diaryl/α,β-unsaturated/α-hetero) is 1. The molecule has 15 heavy (non-hydrogen) atoms. The van der Waals surface area contributed by atoms with Gasteiger partial charge in [0.05, 0.1) is 0 Å². The fourth-order valence-electron chi connectivity index (χ4n) is 1.32. The van der Waals surface area contributed by atoms with Gasteiger partial charge < -0.3 is 0 Å². The van der Waals surface area contributed by atoms with Crippen LogP contribution in [0.1, 0.15) is 43.1 Å². The molecule has 0 heterocycles. The van der Waals surface area contributed by atoms with E-state index in [2.05, 4.69) is 6.58 Å². The Hall–Kier alpha value is -1.37. The zero-order valence-electron chi connectivity index (χ0n) is 9.71. The van der Waals surface area contributed by atoms with Gasteiger partial charge in [0.25, 0.3) is 0 Å². The largest absolute Gasteiger partial charge is 0.294 e. The second-order valence-electron chi connectivity index (χ2n) is 4.39. The van der Waals surface area contributed by atoms with Crippen molar-refractivity contribution in [3.8, 4) is 0 Å². The lowest BCUT2D eigenvalue weighted by Gasteiger charge is -2.20. The van der Waals surface area contributed by atoms with Crippen LogP contribution in [0.4, 0.5) is 0 Å². The number of carbonyl (C=O) groups is 1. The van der Waals surface area contributed by atoms with Gasteiger partial charge in [-0.05, 0) is 12.0 Å². The van der Waals surface area contributed by atoms with Crippen molar-refractivity contribution in [2.45, 2.75) is 27.2 Å². The van der Waals surface area contributed by atoms with Crippen LogP contribution >= 0.6 is 0 Å². The van der Waals surface area contributed by atoms with Crippen molar-refractivity contribution >= 4 is 11.9 Å².